The van der Waals surface area contributed by atoms with Gasteiger partial charge in [-0.15, -0.1) is 0 Å². The Hall–Kier alpha value is -2.54. The van der Waals surface area contributed by atoms with E-state index in [1.54, 1.807) is 29.2 Å². The Balaban J connectivity index is 1.60. The monoisotopic (exact) mass is 389 g/mol. The Kier molecular flexibility index (Phi) is 5.00. The summed E-state index contributed by atoms with van der Waals surface area (Å²) in [5.74, 6) is -0.779. The van der Waals surface area contributed by atoms with Crippen molar-refractivity contribution in [1.29, 1.82) is 0 Å². The highest BCUT2D eigenvalue weighted by atomic mass is 79.9. The van der Waals surface area contributed by atoms with E-state index in [2.05, 4.69) is 26.0 Å². The van der Waals surface area contributed by atoms with Gasteiger partial charge in [0.2, 0.25) is 0 Å². The molecule has 3 aromatic rings. The molecule has 0 bridgehead atoms. The molecule has 1 aromatic heterocycles. The lowest BCUT2D eigenvalue weighted by Crippen LogP contribution is -2.06. The van der Waals surface area contributed by atoms with Crippen molar-refractivity contribution < 1.29 is 13.9 Å². The van der Waals surface area contributed by atoms with Crippen LogP contribution in [0.5, 0.6) is 0 Å². The number of benzene rings is 2. The molecule has 24 heavy (non-hydrogen) atoms. The van der Waals surface area contributed by atoms with E-state index in [0.29, 0.717) is 22.1 Å². The van der Waals surface area contributed by atoms with E-state index >= 15 is 0 Å². The first-order valence-corrected chi connectivity index (χ1v) is 7.93. The Morgan fingerprint density at radius 3 is 2.67 bits per heavy atom. The van der Waals surface area contributed by atoms with Gasteiger partial charge in [-0.3, -0.25) is 0 Å². The molecule has 0 saturated heterocycles. The molecule has 0 spiro atoms. The van der Waals surface area contributed by atoms with E-state index in [9.17, 15) is 9.18 Å². The van der Waals surface area contributed by atoms with Gasteiger partial charge in [0.15, 0.2) is 0 Å². The summed E-state index contributed by atoms with van der Waals surface area (Å²) in [6.07, 6.45) is 3.10. The zero-order valence-electron chi connectivity index (χ0n) is 12.5. The maximum Gasteiger partial charge on any atom is 0.338 e. The molecule has 0 aliphatic heterocycles. The van der Waals surface area contributed by atoms with Gasteiger partial charge >= 0.3 is 5.97 Å². The van der Waals surface area contributed by atoms with Crippen LogP contribution in [0.3, 0.4) is 0 Å². The number of halogens is 2. The van der Waals surface area contributed by atoms with Crippen LogP contribution in [0.15, 0.2) is 59.6 Å². The average molecular weight is 390 g/mol. The van der Waals surface area contributed by atoms with Gasteiger partial charge in [-0.2, -0.15) is 5.10 Å². The summed E-state index contributed by atoms with van der Waals surface area (Å²) in [5, 5.41) is 4.03. The minimum absolute atomic E-state index is 0.0698. The van der Waals surface area contributed by atoms with Gasteiger partial charge in [-0.1, -0.05) is 34.1 Å². The number of carbonyl (C=O) groups is 1. The van der Waals surface area contributed by atoms with Gasteiger partial charge in [0, 0.05) is 10.0 Å². The van der Waals surface area contributed by atoms with Gasteiger partial charge in [-0.25, -0.2) is 18.9 Å². The number of aromatic nitrogens is 3. The molecule has 1 heterocycles. The van der Waals surface area contributed by atoms with Crippen LogP contribution in [0.2, 0.25) is 0 Å². The first-order valence-electron chi connectivity index (χ1n) is 7.14. The van der Waals surface area contributed by atoms with Crippen molar-refractivity contribution in [2.45, 2.75) is 13.2 Å². The molecule has 0 saturated carbocycles. The number of hydrogen-bond acceptors (Lipinski definition) is 4. The first-order chi connectivity index (χ1) is 11.6. The van der Waals surface area contributed by atoms with Crippen molar-refractivity contribution in [3.8, 4) is 0 Å². The second kappa shape index (κ2) is 7.35. The molecular formula is C17H13BrFN3O2. The second-order valence-electron chi connectivity index (χ2n) is 5.10. The van der Waals surface area contributed by atoms with Crippen molar-refractivity contribution in [3.05, 3.63) is 82.1 Å². The zero-order valence-corrected chi connectivity index (χ0v) is 14.1. The van der Waals surface area contributed by atoms with Gasteiger partial charge in [0.1, 0.15) is 25.1 Å². The molecule has 2 aromatic carbocycles. The smallest absolute Gasteiger partial charge is 0.338 e. The Morgan fingerprint density at radius 1 is 1.21 bits per heavy atom. The van der Waals surface area contributed by atoms with Crippen LogP contribution in [-0.4, -0.2) is 20.7 Å². The number of hydrogen-bond donors (Lipinski definition) is 0. The Morgan fingerprint density at radius 2 is 2.00 bits per heavy atom. The molecule has 0 unspecified atom stereocenters. The third-order valence-electron chi connectivity index (χ3n) is 3.37. The standard InChI is InChI=1S/C17H13BrFN3O2/c18-16-7-15(19)6-5-14(16)9-24-17(23)13-3-1-12(2-4-13)8-22-11-20-10-21-22/h1-7,10-11H,8-9H2. The van der Waals surface area contributed by atoms with Crippen LogP contribution in [-0.2, 0) is 17.9 Å². The van der Waals surface area contributed by atoms with Crippen LogP contribution in [0.4, 0.5) is 4.39 Å². The summed E-state index contributed by atoms with van der Waals surface area (Å²) < 4.78 is 20.6. The highest BCUT2D eigenvalue weighted by Gasteiger charge is 2.09. The van der Waals surface area contributed by atoms with Gasteiger partial charge in [0.25, 0.3) is 0 Å². The molecule has 3 rings (SSSR count). The molecule has 0 atom stereocenters. The summed E-state index contributed by atoms with van der Waals surface area (Å²) in [6, 6.07) is 11.3. The fraction of sp³-hybridized carbons (Fsp3) is 0.118. The van der Waals surface area contributed by atoms with Crippen LogP contribution in [0.1, 0.15) is 21.5 Å². The maximum absolute atomic E-state index is 13.0. The highest BCUT2D eigenvalue weighted by Crippen LogP contribution is 2.19. The summed E-state index contributed by atoms with van der Waals surface area (Å²) in [4.78, 5) is 16.0. The predicted molar refractivity (Wildman–Crippen MR) is 88.8 cm³/mol. The highest BCUT2D eigenvalue weighted by molar-refractivity contribution is 9.10. The topological polar surface area (TPSA) is 57.0 Å². The van der Waals surface area contributed by atoms with Crippen LogP contribution in [0.25, 0.3) is 0 Å². The van der Waals surface area contributed by atoms with E-state index in [0.717, 1.165) is 5.56 Å². The SMILES string of the molecule is O=C(OCc1ccc(F)cc1Br)c1ccc(Cn2cncn2)cc1. The first kappa shape index (κ1) is 16.3. The molecule has 0 fully saturated rings. The number of rotatable bonds is 5. The summed E-state index contributed by atoms with van der Waals surface area (Å²) in [5.41, 5.74) is 2.15. The second-order valence-corrected chi connectivity index (χ2v) is 5.96. The Labute approximate surface area is 146 Å². The minimum atomic E-state index is -0.432. The molecule has 0 aliphatic rings. The van der Waals surface area contributed by atoms with E-state index in [4.69, 9.17) is 4.74 Å². The quantitative estimate of drug-likeness (QED) is 0.625. The average Bonchev–Trinajstić information content (AvgIpc) is 3.07. The molecule has 5 nitrogen and oxygen atoms in total. The van der Waals surface area contributed by atoms with Gasteiger partial charge < -0.3 is 4.74 Å². The third kappa shape index (κ3) is 4.05. The molecule has 0 amide bonds. The molecule has 122 valence electrons. The molecule has 0 radical (unpaired) electrons. The number of carbonyl (C=O) groups excluding carboxylic acids is 1. The van der Waals surface area contributed by atoms with Crippen molar-refractivity contribution in [3.63, 3.8) is 0 Å². The van der Waals surface area contributed by atoms with E-state index in [1.165, 1.54) is 18.5 Å². The minimum Gasteiger partial charge on any atom is -0.457 e. The normalized spacial score (nSPS) is 10.6. The third-order valence-corrected chi connectivity index (χ3v) is 4.11. The lowest BCUT2D eigenvalue weighted by atomic mass is 10.1. The molecule has 0 aliphatic carbocycles. The van der Waals surface area contributed by atoms with Crippen molar-refractivity contribution in [2.24, 2.45) is 0 Å². The molecule has 7 heteroatoms. The molecule has 0 N–H and O–H groups in total. The van der Waals surface area contributed by atoms with Gasteiger partial charge in [0.05, 0.1) is 12.1 Å². The summed E-state index contributed by atoms with van der Waals surface area (Å²) in [7, 11) is 0. The fourth-order valence-electron chi connectivity index (χ4n) is 2.11. The van der Waals surface area contributed by atoms with E-state index in [1.807, 2.05) is 12.1 Å². The van der Waals surface area contributed by atoms with Crippen LogP contribution >= 0.6 is 15.9 Å². The Bertz CT molecular complexity index is 836. The van der Waals surface area contributed by atoms with Gasteiger partial charge in [-0.05, 0) is 29.8 Å². The van der Waals surface area contributed by atoms with Crippen molar-refractivity contribution in [2.75, 3.05) is 0 Å². The summed E-state index contributed by atoms with van der Waals surface area (Å²) >= 11 is 3.25. The largest absolute Gasteiger partial charge is 0.457 e. The fourth-order valence-corrected chi connectivity index (χ4v) is 2.58. The summed E-state index contributed by atoms with van der Waals surface area (Å²) in [6.45, 7) is 0.651. The molecular weight excluding hydrogens is 377 g/mol. The van der Waals surface area contributed by atoms with E-state index < -0.39 is 5.97 Å². The lowest BCUT2D eigenvalue weighted by molar-refractivity contribution is 0.0472. The number of esters is 1. The zero-order chi connectivity index (χ0) is 16.9. The van der Waals surface area contributed by atoms with Crippen LogP contribution in [0, 0.1) is 5.82 Å². The lowest BCUT2D eigenvalue weighted by Gasteiger charge is -2.08. The van der Waals surface area contributed by atoms with E-state index in [-0.39, 0.29) is 12.4 Å². The number of ether oxygens (including phenoxy) is 1. The van der Waals surface area contributed by atoms with Crippen molar-refractivity contribution in [1.82, 2.24) is 14.8 Å². The van der Waals surface area contributed by atoms with Crippen LogP contribution < -0.4 is 0 Å². The predicted octanol–water partition coefficient (Wildman–Crippen LogP) is 3.59. The maximum atomic E-state index is 13.0. The number of nitrogens with zero attached hydrogens (tertiary/aromatic N) is 3. The van der Waals surface area contributed by atoms with Crippen molar-refractivity contribution >= 4 is 21.9 Å².